The topological polar surface area (TPSA) is 99.8 Å². The Labute approximate surface area is 225 Å². The summed E-state index contributed by atoms with van der Waals surface area (Å²) < 4.78 is 13.3. The second kappa shape index (κ2) is 10.9. The number of carbonyl (C=O) groups excluding carboxylic acids is 2. The standard InChI is InChI=1S/C31H28FN5O2/c1-18(2)35-30(38)24-12-23(13-25(14-24)31(39)36-19(3)20-8-10-26(32)11-9-20)28-17-34-29(37-28)27-15-21-6-4-5-7-22(21)16-33-27/h4-19H,1-3H3,(H,34,37)(H,35,38)(H,36,39)/t19-/m1/s1. The molecule has 196 valence electrons. The number of nitrogens with one attached hydrogen (secondary N) is 3. The maximum absolute atomic E-state index is 13.3. The molecule has 5 rings (SSSR count). The van der Waals surface area contributed by atoms with Gasteiger partial charge in [-0.1, -0.05) is 36.4 Å². The van der Waals surface area contributed by atoms with E-state index in [0.717, 1.165) is 16.3 Å². The largest absolute Gasteiger partial charge is 0.350 e. The van der Waals surface area contributed by atoms with E-state index >= 15 is 0 Å². The number of hydrogen-bond acceptors (Lipinski definition) is 4. The van der Waals surface area contributed by atoms with E-state index in [0.29, 0.717) is 33.9 Å². The van der Waals surface area contributed by atoms with Crippen molar-refractivity contribution >= 4 is 22.6 Å². The van der Waals surface area contributed by atoms with E-state index in [1.165, 1.54) is 12.1 Å². The van der Waals surface area contributed by atoms with Crippen LogP contribution in [0.15, 0.2) is 85.2 Å². The molecular weight excluding hydrogens is 493 g/mol. The van der Waals surface area contributed by atoms with Gasteiger partial charge in [0.15, 0.2) is 5.82 Å². The lowest BCUT2D eigenvalue weighted by atomic mass is 10.0. The summed E-state index contributed by atoms with van der Waals surface area (Å²) in [7, 11) is 0. The van der Waals surface area contributed by atoms with Gasteiger partial charge >= 0.3 is 0 Å². The monoisotopic (exact) mass is 521 g/mol. The first kappa shape index (κ1) is 25.8. The molecule has 5 aromatic rings. The van der Waals surface area contributed by atoms with Gasteiger partial charge < -0.3 is 15.6 Å². The fourth-order valence-corrected chi connectivity index (χ4v) is 4.32. The molecule has 0 aliphatic rings. The number of halogens is 1. The van der Waals surface area contributed by atoms with Crippen LogP contribution < -0.4 is 10.6 Å². The molecule has 0 bridgehead atoms. The summed E-state index contributed by atoms with van der Waals surface area (Å²) in [4.78, 5) is 38.5. The van der Waals surface area contributed by atoms with Gasteiger partial charge in [0.1, 0.15) is 11.5 Å². The number of H-pyrrole nitrogens is 1. The van der Waals surface area contributed by atoms with E-state index in [9.17, 15) is 14.0 Å². The minimum absolute atomic E-state index is 0.0744. The second-order valence-electron chi connectivity index (χ2n) is 9.74. The van der Waals surface area contributed by atoms with Crippen molar-refractivity contribution in [3.05, 3.63) is 108 Å². The maximum Gasteiger partial charge on any atom is 0.251 e. The van der Waals surface area contributed by atoms with Crippen LogP contribution in [-0.2, 0) is 0 Å². The van der Waals surface area contributed by atoms with Crippen molar-refractivity contribution in [2.24, 2.45) is 0 Å². The molecule has 0 aliphatic heterocycles. The van der Waals surface area contributed by atoms with Crippen LogP contribution in [0.5, 0.6) is 0 Å². The molecule has 0 radical (unpaired) electrons. The fraction of sp³-hybridized carbons (Fsp3) is 0.161. The normalized spacial score (nSPS) is 11.9. The fourth-order valence-electron chi connectivity index (χ4n) is 4.32. The van der Waals surface area contributed by atoms with Crippen LogP contribution in [0.25, 0.3) is 33.5 Å². The minimum Gasteiger partial charge on any atom is -0.350 e. The molecule has 39 heavy (non-hydrogen) atoms. The molecule has 1 atom stereocenters. The third kappa shape index (κ3) is 5.85. The molecule has 2 amide bonds. The van der Waals surface area contributed by atoms with E-state index < -0.39 is 0 Å². The predicted octanol–water partition coefficient (Wildman–Crippen LogP) is 6.06. The molecule has 8 heteroatoms. The van der Waals surface area contributed by atoms with Gasteiger partial charge in [-0.25, -0.2) is 9.37 Å². The number of nitrogens with zero attached hydrogens (tertiary/aromatic N) is 2. The highest BCUT2D eigenvalue weighted by molar-refractivity contribution is 6.01. The summed E-state index contributed by atoms with van der Waals surface area (Å²) in [5, 5.41) is 7.89. The molecule has 7 nitrogen and oxygen atoms in total. The molecule has 0 spiro atoms. The first-order valence-corrected chi connectivity index (χ1v) is 12.7. The third-order valence-corrected chi connectivity index (χ3v) is 6.36. The number of fused-ring (bicyclic) bond motifs is 1. The average Bonchev–Trinajstić information content (AvgIpc) is 3.43. The highest BCUT2D eigenvalue weighted by Gasteiger charge is 2.18. The van der Waals surface area contributed by atoms with Gasteiger partial charge in [0.2, 0.25) is 0 Å². The summed E-state index contributed by atoms with van der Waals surface area (Å²) in [6.07, 6.45) is 3.46. The molecule has 0 unspecified atom stereocenters. The molecule has 0 aliphatic carbocycles. The minimum atomic E-state index is -0.368. The van der Waals surface area contributed by atoms with Gasteiger partial charge in [-0.2, -0.15) is 0 Å². The van der Waals surface area contributed by atoms with E-state index in [1.54, 1.807) is 42.7 Å². The van der Waals surface area contributed by atoms with Crippen LogP contribution in [-0.4, -0.2) is 32.8 Å². The number of aromatic amines is 1. The number of carbonyl (C=O) groups is 2. The number of rotatable bonds is 7. The second-order valence-corrected chi connectivity index (χ2v) is 9.74. The Hall–Kier alpha value is -4.85. The number of benzene rings is 3. The number of imidazole rings is 1. The van der Waals surface area contributed by atoms with Crippen LogP contribution in [0.2, 0.25) is 0 Å². The zero-order chi connectivity index (χ0) is 27.5. The number of hydrogen-bond donors (Lipinski definition) is 3. The lowest BCUT2D eigenvalue weighted by Crippen LogP contribution is -2.31. The number of pyridine rings is 1. The quantitative estimate of drug-likeness (QED) is 0.242. The molecule has 2 heterocycles. The van der Waals surface area contributed by atoms with Crippen molar-refractivity contribution < 1.29 is 14.0 Å². The third-order valence-electron chi connectivity index (χ3n) is 6.36. The zero-order valence-electron chi connectivity index (χ0n) is 21.8. The van der Waals surface area contributed by atoms with Crippen molar-refractivity contribution in [3.8, 4) is 22.8 Å². The Morgan fingerprint density at radius 2 is 1.46 bits per heavy atom. The van der Waals surface area contributed by atoms with Crippen molar-refractivity contribution in [1.29, 1.82) is 0 Å². The molecule has 0 saturated carbocycles. The van der Waals surface area contributed by atoms with Crippen LogP contribution in [0, 0.1) is 5.82 Å². The zero-order valence-corrected chi connectivity index (χ0v) is 21.8. The Morgan fingerprint density at radius 3 is 2.15 bits per heavy atom. The Bertz CT molecular complexity index is 1660. The summed E-state index contributed by atoms with van der Waals surface area (Å²) >= 11 is 0. The number of amides is 2. The Balaban J connectivity index is 1.48. The smallest absolute Gasteiger partial charge is 0.251 e. The van der Waals surface area contributed by atoms with E-state index in [1.807, 2.05) is 51.1 Å². The van der Waals surface area contributed by atoms with Crippen LogP contribution in [0.3, 0.4) is 0 Å². The molecular formula is C31H28FN5O2. The van der Waals surface area contributed by atoms with Gasteiger partial charge in [-0.05, 0) is 68.1 Å². The van der Waals surface area contributed by atoms with Crippen molar-refractivity contribution in [1.82, 2.24) is 25.6 Å². The SMILES string of the molecule is CC(C)NC(=O)c1cc(C(=O)N[C@H](C)c2ccc(F)cc2)cc(-c2cnc(-c3cc4ccccc4cn3)[nH]2)c1. The van der Waals surface area contributed by atoms with E-state index in [4.69, 9.17) is 0 Å². The van der Waals surface area contributed by atoms with Gasteiger partial charge in [-0.3, -0.25) is 14.6 Å². The van der Waals surface area contributed by atoms with E-state index in [-0.39, 0.29) is 29.7 Å². The number of aromatic nitrogens is 3. The average molecular weight is 522 g/mol. The maximum atomic E-state index is 13.3. The summed E-state index contributed by atoms with van der Waals surface area (Å²) in [6, 6.07) is 20.4. The van der Waals surface area contributed by atoms with Gasteiger partial charge in [0.25, 0.3) is 11.8 Å². The Kier molecular flexibility index (Phi) is 7.19. The van der Waals surface area contributed by atoms with Crippen molar-refractivity contribution in [2.45, 2.75) is 32.9 Å². The molecule has 0 fully saturated rings. The van der Waals surface area contributed by atoms with Gasteiger partial charge in [-0.15, -0.1) is 0 Å². The van der Waals surface area contributed by atoms with Crippen LogP contribution >= 0.6 is 0 Å². The predicted molar refractivity (Wildman–Crippen MR) is 150 cm³/mol. The highest BCUT2D eigenvalue weighted by atomic mass is 19.1. The first-order valence-electron chi connectivity index (χ1n) is 12.7. The molecule has 0 saturated heterocycles. The van der Waals surface area contributed by atoms with Crippen molar-refractivity contribution in [3.63, 3.8) is 0 Å². The summed E-state index contributed by atoms with van der Waals surface area (Å²) in [6.45, 7) is 5.56. The first-order chi connectivity index (χ1) is 18.8. The summed E-state index contributed by atoms with van der Waals surface area (Å²) in [5.41, 5.74) is 3.38. The Morgan fingerprint density at radius 1 is 0.795 bits per heavy atom. The lowest BCUT2D eigenvalue weighted by molar-refractivity contribution is 0.0939. The molecule has 3 aromatic carbocycles. The van der Waals surface area contributed by atoms with Gasteiger partial charge in [0, 0.05) is 34.3 Å². The van der Waals surface area contributed by atoms with Crippen molar-refractivity contribution in [2.75, 3.05) is 0 Å². The van der Waals surface area contributed by atoms with Crippen LogP contribution in [0.4, 0.5) is 4.39 Å². The highest BCUT2D eigenvalue weighted by Crippen LogP contribution is 2.26. The lowest BCUT2D eigenvalue weighted by Gasteiger charge is -2.16. The van der Waals surface area contributed by atoms with Gasteiger partial charge in [0.05, 0.1) is 17.9 Å². The molecule has 3 N–H and O–H groups in total. The molecule has 2 aromatic heterocycles. The van der Waals surface area contributed by atoms with E-state index in [2.05, 4.69) is 25.6 Å². The van der Waals surface area contributed by atoms with Crippen LogP contribution in [0.1, 0.15) is 53.1 Å². The summed E-state index contributed by atoms with van der Waals surface area (Å²) in [5.74, 6) is -0.418.